The fourth-order valence-corrected chi connectivity index (χ4v) is 5.58. The molecule has 2 fully saturated rings. The number of nitriles is 1. The third-order valence-electron chi connectivity index (χ3n) is 6.15. The lowest BCUT2D eigenvalue weighted by Crippen LogP contribution is -2.43. The van der Waals surface area contributed by atoms with Gasteiger partial charge in [-0.2, -0.15) is 5.26 Å². The molecule has 13 heteroatoms. The quantitative estimate of drug-likeness (QED) is 0.186. The van der Waals surface area contributed by atoms with Gasteiger partial charge in [0.1, 0.15) is 5.75 Å². The highest BCUT2D eigenvalue weighted by Gasteiger charge is 2.24. The van der Waals surface area contributed by atoms with Crippen LogP contribution in [0.15, 0.2) is 52.4 Å². The largest absolute Gasteiger partial charge is 0.506 e. The zero-order valence-corrected chi connectivity index (χ0v) is 22.2. The van der Waals surface area contributed by atoms with E-state index in [1.165, 1.54) is 12.1 Å². The molecule has 2 aromatic carbocycles. The van der Waals surface area contributed by atoms with E-state index < -0.39 is 16.1 Å². The third kappa shape index (κ3) is 7.26. The van der Waals surface area contributed by atoms with Gasteiger partial charge in [0, 0.05) is 31.4 Å². The number of hydrogen-bond donors (Lipinski definition) is 5. The molecule has 1 amide bonds. The van der Waals surface area contributed by atoms with E-state index in [4.69, 9.17) is 5.26 Å². The highest BCUT2D eigenvalue weighted by Crippen LogP contribution is 2.29. The fourth-order valence-electron chi connectivity index (χ4n) is 4.24. The first kappa shape index (κ1) is 27.5. The van der Waals surface area contributed by atoms with Crippen molar-refractivity contribution in [1.29, 1.82) is 5.26 Å². The number of anilines is 2. The average molecular weight is 557 g/mol. The van der Waals surface area contributed by atoms with Crippen LogP contribution in [0, 0.1) is 11.5 Å². The smallest absolute Gasteiger partial charge is 0.264 e. The molecule has 0 spiro atoms. The van der Waals surface area contributed by atoms with Crippen LogP contribution in [0.1, 0.15) is 30.1 Å². The molecule has 0 bridgehead atoms. The molecular weight excluding hydrogens is 528 g/mol. The van der Waals surface area contributed by atoms with Crippen molar-refractivity contribution < 1.29 is 23.4 Å². The molecule has 2 heterocycles. The van der Waals surface area contributed by atoms with Crippen LogP contribution in [0.2, 0.25) is 0 Å². The summed E-state index contributed by atoms with van der Waals surface area (Å²) in [5, 5.41) is 35.3. The summed E-state index contributed by atoms with van der Waals surface area (Å²) in [7, 11) is -3.56. The van der Waals surface area contributed by atoms with Gasteiger partial charge in [-0.15, -0.1) is 4.99 Å². The number of amides is 1. The van der Waals surface area contributed by atoms with Crippen LogP contribution in [-0.2, 0) is 14.8 Å². The predicted octanol–water partition coefficient (Wildman–Crippen LogP) is 2.10. The number of aromatic hydroxyl groups is 1. The lowest BCUT2D eigenvalue weighted by molar-refractivity contribution is -0.115. The number of hydrogen-bond acceptors (Lipinski definition) is 10. The lowest BCUT2D eigenvalue weighted by atomic mass is 10.0. The second-order valence-corrected chi connectivity index (χ2v) is 11.8. The molecule has 200 valence electrons. The Morgan fingerprint density at radius 3 is 2.63 bits per heavy atom. The number of rotatable bonds is 8. The fraction of sp³-hybridized carbons (Fsp3) is 0.320. The van der Waals surface area contributed by atoms with Crippen molar-refractivity contribution in [3.63, 3.8) is 0 Å². The lowest BCUT2D eigenvalue weighted by Gasteiger charge is -2.34. The summed E-state index contributed by atoms with van der Waals surface area (Å²) >= 11 is 1.13. The predicted molar refractivity (Wildman–Crippen MR) is 148 cm³/mol. The van der Waals surface area contributed by atoms with Gasteiger partial charge in [-0.05, 0) is 66.1 Å². The Hall–Kier alpha value is -3.57. The van der Waals surface area contributed by atoms with Gasteiger partial charge in [-0.25, -0.2) is 8.42 Å². The molecular formula is C25H28N6O5S2. The maximum absolute atomic E-state index is 12.0. The minimum absolute atomic E-state index is 0.0300. The zero-order chi connectivity index (χ0) is 27.3. The summed E-state index contributed by atoms with van der Waals surface area (Å²) in [4.78, 5) is 18.3. The molecule has 2 aromatic rings. The molecule has 0 radical (unpaired) electrons. The average Bonchev–Trinajstić information content (AvgIpc) is 3.22. The number of phenolic OH excluding ortho intramolecular Hbond substituents is 1. The number of nitrogens with one attached hydrogen (secondary N) is 3. The van der Waals surface area contributed by atoms with Gasteiger partial charge in [0.05, 0.1) is 23.0 Å². The van der Waals surface area contributed by atoms with E-state index in [1.54, 1.807) is 18.3 Å². The zero-order valence-electron chi connectivity index (χ0n) is 20.6. The molecule has 11 nitrogen and oxygen atoms in total. The summed E-state index contributed by atoms with van der Waals surface area (Å²) in [5.41, 5.74) is 2.48. The first-order valence-electron chi connectivity index (χ1n) is 11.9. The van der Waals surface area contributed by atoms with E-state index in [0.29, 0.717) is 17.0 Å². The number of amidine groups is 1. The summed E-state index contributed by atoms with van der Waals surface area (Å²) in [6.45, 7) is 1.97. The third-order valence-corrected chi connectivity index (χ3v) is 7.65. The van der Waals surface area contributed by atoms with Crippen molar-refractivity contribution >= 4 is 50.3 Å². The maximum atomic E-state index is 12.0. The Morgan fingerprint density at radius 2 is 1.97 bits per heavy atom. The Kier molecular flexibility index (Phi) is 8.58. The Labute approximate surface area is 225 Å². The molecule has 4 rings (SSSR count). The molecule has 0 saturated carbocycles. The van der Waals surface area contributed by atoms with E-state index in [0.717, 1.165) is 55.2 Å². The van der Waals surface area contributed by atoms with Crippen molar-refractivity contribution in [3.05, 3.63) is 58.5 Å². The highest BCUT2D eigenvalue weighted by atomic mass is 32.2. The van der Waals surface area contributed by atoms with Crippen LogP contribution in [0.25, 0.3) is 6.08 Å². The van der Waals surface area contributed by atoms with E-state index in [1.807, 2.05) is 24.3 Å². The summed E-state index contributed by atoms with van der Waals surface area (Å²) in [5.74, 6) is -0.484. The molecule has 38 heavy (non-hydrogen) atoms. The van der Waals surface area contributed by atoms with Crippen molar-refractivity contribution in [2.45, 2.75) is 25.0 Å². The topological polar surface area (TPSA) is 167 Å². The molecule has 2 aliphatic heterocycles. The molecule has 0 unspecified atom stereocenters. The normalized spacial score (nSPS) is 19.4. The number of carbonyl (C=O) groups excluding carboxylic acids is 1. The monoisotopic (exact) mass is 556 g/mol. The number of thioether (sulfide) groups is 1. The minimum atomic E-state index is -3.56. The van der Waals surface area contributed by atoms with Crippen LogP contribution in [-0.4, -0.2) is 61.6 Å². The number of aliphatic imine (C=N–C) groups is 1. The van der Waals surface area contributed by atoms with Gasteiger partial charge < -0.3 is 20.4 Å². The van der Waals surface area contributed by atoms with E-state index in [-0.39, 0.29) is 28.6 Å². The first-order chi connectivity index (χ1) is 18.1. The van der Waals surface area contributed by atoms with Gasteiger partial charge in [0.2, 0.25) is 16.2 Å². The number of aliphatic hydroxyl groups excluding tert-OH is 1. The Balaban J connectivity index is 1.27. The number of benzene rings is 2. The van der Waals surface area contributed by atoms with Gasteiger partial charge in [-0.1, -0.05) is 18.2 Å². The van der Waals surface area contributed by atoms with Crippen LogP contribution in [0.5, 0.6) is 5.75 Å². The Morgan fingerprint density at radius 1 is 1.26 bits per heavy atom. The number of nitrogens with zero attached hydrogens (tertiary/aromatic N) is 3. The molecule has 1 atom stereocenters. The van der Waals surface area contributed by atoms with Crippen molar-refractivity contribution in [2.24, 2.45) is 4.99 Å². The summed E-state index contributed by atoms with van der Waals surface area (Å²) in [6.07, 6.45) is 5.32. The number of aliphatic hydroxyl groups is 1. The van der Waals surface area contributed by atoms with Gasteiger partial charge in [0.25, 0.3) is 5.91 Å². The summed E-state index contributed by atoms with van der Waals surface area (Å²) in [6, 6.07) is 12.5. The van der Waals surface area contributed by atoms with Crippen LogP contribution in [0.3, 0.4) is 0 Å². The molecule has 2 saturated heterocycles. The van der Waals surface area contributed by atoms with E-state index >= 15 is 0 Å². The van der Waals surface area contributed by atoms with Gasteiger partial charge in [0.15, 0.2) is 5.17 Å². The van der Waals surface area contributed by atoms with E-state index in [9.17, 15) is 23.4 Å². The second kappa shape index (κ2) is 11.9. The van der Waals surface area contributed by atoms with Crippen molar-refractivity contribution in [1.82, 2.24) is 10.6 Å². The standard InChI is InChI=1S/C25H28N6O5S2/c1-38(35,36)30-20-13-17(4-7-21(20)32)22(33)14-27-18-8-10-31(11-9-18)19-5-2-16(3-6-19)12-23-24(34)29-25(37-23)28-15-26/h2-7,12-13,18,22,27,30,32-33H,8-11,14H2,1H3,(H,28,29,34)/b23-12+/t22-/m0/s1. The van der Waals surface area contributed by atoms with E-state index in [2.05, 4.69) is 25.2 Å². The molecule has 0 aliphatic carbocycles. The maximum Gasteiger partial charge on any atom is 0.264 e. The van der Waals surface area contributed by atoms with Crippen LogP contribution in [0.4, 0.5) is 11.4 Å². The SMILES string of the molecule is CS(=O)(=O)Nc1cc([C@@H](O)CNC2CCN(c3ccc(/C=C4/SC(=NC#N)NC4=O)cc3)CC2)ccc1O. The van der Waals surface area contributed by atoms with Gasteiger partial charge >= 0.3 is 0 Å². The Bertz CT molecular complexity index is 1390. The number of piperidine rings is 1. The summed E-state index contributed by atoms with van der Waals surface area (Å²) < 4.78 is 25.2. The first-order valence-corrected chi connectivity index (χ1v) is 14.6. The second-order valence-electron chi connectivity index (χ2n) is 9.01. The van der Waals surface area contributed by atoms with Gasteiger partial charge in [-0.3, -0.25) is 14.8 Å². The van der Waals surface area contributed by atoms with Crippen molar-refractivity contribution in [2.75, 3.05) is 35.5 Å². The number of carbonyl (C=O) groups is 1. The molecule has 2 aliphatic rings. The number of sulfonamides is 1. The number of phenols is 1. The molecule has 5 N–H and O–H groups in total. The van der Waals surface area contributed by atoms with Crippen LogP contribution >= 0.6 is 11.8 Å². The van der Waals surface area contributed by atoms with Crippen molar-refractivity contribution in [3.8, 4) is 11.9 Å². The minimum Gasteiger partial charge on any atom is -0.506 e. The molecule has 0 aromatic heterocycles. The van der Waals surface area contributed by atoms with Crippen LogP contribution < -0.4 is 20.3 Å². The highest BCUT2D eigenvalue weighted by molar-refractivity contribution is 8.18.